The van der Waals surface area contributed by atoms with Crippen molar-refractivity contribution in [3.8, 4) is 10.6 Å². The van der Waals surface area contributed by atoms with Crippen molar-refractivity contribution in [2.75, 3.05) is 4.72 Å². The standard InChI is InChI=1S/C19H20N2O3S2/c1-13-6-2-5-9-15(13)21-26(22,23)18-11-10-17(25-18)16-12-20-19(24-16)14-7-3-4-8-14/h2,5-6,9-12,14,21H,3-4,7-8H2,1H3. The van der Waals surface area contributed by atoms with Gasteiger partial charge in [-0.1, -0.05) is 31.0 Å². The lowest BCUT2D eigenvalue weighted by molar-refractivity contribution is 0.458. The topological polar surface area (TPSA) is 72.2 Å². The largest absolute Gasteiger partial charge is 0.440 e. The number of aryl methyl sites for hydroxylation is 1. The maximum Gasteiger partial charge on any atom is 0.271 e. The molecule has 0 spiro atoms. The summed E-state index contributed by atoms with van der Waals surface area (Å²) in [6.45, 7) is 1.87. The zero-order valence-electron chi connectivity index (χ0n) is 14.4. The van der Waals surface area contributed by atoms with E-state index in [1.54, 1.807) is 24.4 Å². The lowest BCUT2D eigenvalue weighted by atomic mass is 10.1. The van der Waals surface area contributed by atoms with E-state index in [0.717, 1.165) is 29.2 Å². The number of oxazole rings is 1. The zero-order valence-corrected chi connectivity index (χ0v) is 16.1. The van der Waals surface area contributed by atoms with Crippen molar-refractivity contribution in [1.82, 2.24) is 4.98 Å². The Morgan fingerprint density at radius 1 is 1.15 bits per heavy atom. The van der Waals surface area contributed by atoms with Crippen LogP contribution < -0.4 is 4.72 Å². The third-order valence-corrected chi connectivity index (χ3v) is 7.66. The van der Waals surface area contributed by atoms with Gasteiger partial charge in [0.1, 0.15) is 4.21 Å². The summed E-state index contributed by atoms with van der Waals surface area (Å²) in [6.07, 6.45) is 6.36. The van der Waals surface area contributed by atoms with E-state index in [1.807, 2.05) is 25.1 Å². The highest BCUT2D eigenvalue weighted by atomic mass is 32.2. The number of thiophene rings is 1. The molecule has 0 aliphatic heterocycles. The third-order valence-electron chi connectivity index (χ3n) is 4.71. The van der Waals surface area contributed by atoms with Crippen LogP contribution in [0.4, 0.5) is 5.69 Å². The van der Waals surface area contributed by atoms with Gasteiger partial charge in [-0.3, -0.25) is 4.72 Å². The Morgan fingerprint density at radius 2 is 1.92 bits per heavy atom. The fourth-order valence-electron chi connectivity index (χ4n) is 3.24. The van der Waals surface area contributed by atoms with Crippen LogP contribution in [-0.2, 0) is 10.0 Å². The molecule has 4 rings (SSSR count). The molecule has 1 N–H and O–H groups in total. The predicted molar refractivity (Wildman–Crippen MR) is 103 cm³/mol. The summed E-state index contributed by atoms with van der Waals surface area (Å²) < 4.78 is 34.1. The number of nitrogens with one attached hydrogen (secondary N) is 1. The molecule has 0 saturated heterocycles. The quantitative estimate of drug-likeness (QED) is 0.654. The van der Waals surface area contributed by atoms with Gasteiger partial charge >= 0.3 is 0 Å². The van der Waals surface area contributed by atoms with Crippen molar-refractivity contribution in [2.45, 2.75) is 42.7 Å². The van der Waals surface area contributed by atoms with Gasteiger partial charge in [0.15, 0.2) is 11.7 Å². The molecule has 26 heavy (non-hydrogen) atoms. The van der Waals surface area contributed by atoms with E-state index in [0.29, 0.717) is 17.4 Å². The minimum atomic E-state index is -3.63. The van der Waals surface area contributed by atoms with Gasteiger partial charge in [0.2, 0.25) is 0 Å². The molecule has 1 aliphatic rings. The van der Waals surface area contributed by atoms with Crippen LogP contribution in [0.5, 0.6) is 0 Å². The van der Waals surface area contributed by atoms with Gasteiger partial charge in [0.25, 0.3) is 10.0 Å². The van der Waals surface area contributed by atoms with Crippen LogP contribution in [0.2, 0.25) is 0 Å². The highest BCUT2D eigenvalue weighted by molar-refractivity contribution is 7.94. The zero-order chi connectivity index (χ0) is 18.1. The van der Waals surface area contributed by atoms with Gasteiger partial charge in [-0.15, -0.1) is 11.3 Å². The molecule has 1 fully saturated rings. The highest BCUT2D eigenvalue weighted by Gasteiger charge is 2.23. The van der Waals surface area contributed by atoms with Crippen LogP contribution >= 0.6 is 11.3 Å². The fourth-order valence-corrected chi connectivity index (χ4v) is 5.63. The molecule has 0 atom stereocenters. The van der Waals surface area contributed by atoms with Gasteiger partial charge in [-0.05, 0) is 43.5 Å². The van der Waals surface area contributed by atoms with Crippen LogP contribution in [0.15, 0.2) is 51.2 Å². The van der Waals surface area contributed by atoms with E-state index < -0.39 is 10.0 Å². The van der Waals surface area contributed by atoms with E-state index in [-0.39, 0.29) is 4.21 Å². The average Bonchev–Trinajstić information content (AvgIpc) is 3.37. The van der Waals surface area contributed by atoms with Crippen LogP contribution in [0.3, 0.4) is 0 Å². The first-order valence-corrected chi connectivity index (χ1v) is 11.0. The number of benzene rings is 1. The molecule has 2 aromatic heterocycles. The Balaban J connectivity index is 1.56. The molecule has 0 bridgehead atoms. The molecule has 1 saturated carbocycles. The molecule has 7 heteroatoms. The number of rotatable bonds is 5. The van der Waals surface area contributed by atoms with Crippen LogP contribution in [-0.4, -0.2) is 13.4 Å². The normalized spacial score (nSPS) is 15.4. The summed E-state index contributed by atoms with van der Waals surface area (Å²) >= 11 is 1.19. The summed E-state index contributed by atoms with van der Waals surface area (Å²) in [5.41, 5.74) is 1.47. The van der Waals surface area contributed by atoms with E-state index in [9.17, 15) is 8.42 Å². The summed E-state index contributed by atoms with van der Waals surface area (Å²) in [5, 5.41) is 0. The molecule has 5 nitrogen and oxygen atoms in total. The number of hydrogen-bond acceptors (Lipinski definition) is 5. The Labute approximate surface area is 157 Å². The number of hydrogen-bond donors (Lipinski definition) is 1. The lowest BCUT2D eigenvalue weighted by Gasteiger charge is -2.08. The van der Waals surface area contributed by atoms with Gasteiger partial charge in [0.05, 0.1) is 16.8 Å². The second-order valence-electron chi connectivity index (χ2n) is 6.58. The van der Waals surface area contributed by atoms with Crippen molar-refractivity contribution in [3.05, 3.63) is 54.0 Å². The van der Waals surface area contributed by atoms with Gasteiger partial charge in [-0.25, -0.2) is 13.4 Å². The molecular weight excluding hydrogens is 368 g/mol. The number of sulfonamides is 1. The fraction of sp³-hybridized carbons (Fsp3) is 0.316. The third kappa shape index (κ3) is 3.41. The van der Waals surface area contributed by atoms with Crippen LogP contribution in [0.1, 0.15) is 43.1 Å². The van der Waals surface area contributed by atoms with Crippen molar-refractivity contribution in [2.24, 2.45) is 0 Å². The molecule has 0 amide bonds. The Bertz CT molecular complexity index is 1010. The SMILES string of the molecule is Cc1ccccc1NS(=O)(=O)c1ccc(-c2cnc(C3CCCC3)o2)s1. The second kappa shape index (κ2) is 6.89. The smallest absolute Gasteiger partial charge is 0.271 e. The van der Waals surface area contributed by atoms with Gasteiger partial charge < -0.3 is 4.42 Å². The van der Waals surface area contributed by atoms with E-state index in [2.05, 4.69) is 9.71 Å². The lowest BCUT2D eigenvalue weighted by Crippen LogP contribution is -2.12. The number of nitrogens with zero attached hydrogens (tertiary/aromatic N) is 1. The average molecular weight is 389 g/mol. The number of aromatic nitrogens is 1. The Hall–Kier alpha value is -2.12. The first kappa shape index (κ1) is 17.3. The molecule has 1 aromatic carbocycles. The molecule has 0 unspecified atom stereocenters. The number of para-hydroxylation sites is 1. The first-order chi connectivity index (χ1) is 12.5. The molecular formula is C19H20N2O3S2. The van der Waals surface area contributed by atoms with Crippen LogP contribution in [0, 0.1) is 6.92 Å². The minimum absolute atomic E-state index is 0.259. The Morgan fingerprint density at radius 3 is 2.69 bits per heavy atom. The van der Waals surface area contributed by atoms with E-state index in [4.69, 9.17) is 4.42 Å². The van der Waals surface area contributed by atoms with Gasteiger partial charge in [-0.2, -0.15) is 0 Å². The summed E-state index contributed by atoms with van der Waals surface area (Å²) in [6, 6.07) is 10.7. The molecule has 0 radical (unpaired) electrons. The van der Waals surface area contributed by atoms with Crippen molar-refractivity contribution in [1.29, 1.82) is 0 Å². The summed E-state index contributed by atoms with van der Waals surface area (Å²) in [5.74, 6) is 1.80. The summed E-state index contributed by atoms with van der Waals surface area (Å²) in [4.78, 5) is 5.17. The van der Waals surface area contributed by atoms with Crippen LogP contribution in [0.25, 0.3) is 10.6 Å². The molecule has 2 heterocycles. The maximum atomic E-state index is 12.7. The molecule has 136 valence electrons. The monoisotopic (exact) mass is 388 g/mol. The Kier molecular flexibility index (Phi) is 4.58. The molecule has 3 aromatic rings. The van der Waals surface area contributed by atoms with E-state index in [1.165, 1.54) is 24.2 Å². The predicted octanol–water partition coefficient (Wildman–Crippen LogP) is 5.17. The first-order valence-electron chi connectivity index (χ1n) is 8.67. The van der Waals surface area contributed by atoms with E-state index >= 15 is 0 Å². The molecule has 1 aliphatic carbocycles. The second-order valence-corrected chi connectivity index (χ2v) is 9.58. The van der Waals surface area contributed by atoms with Crippen molar-refractivity contribution >= 4 is 27.0 Å². The summed E-state index contributed by atoms with van der Waals surface area (Å²) in [7, 11) is -3.63. The highest BCUT2D eigenvalue weighted by Crippen LogP contribution is 2.37. The van der Waals surface area contributed by atoms with Crippen molar-refractivity contribution in [3.63, 3.8) is 0 Å². The van der Waals surface area contributed by atoms with Crippen molar-refractivity contribution < 1.29 is 12.8 Å². The van der Waals surface area contributed by atoms with Gasteiger partial charge in [0, 0.05) is 5.92 Å². The maximum absolute atomic E-state index is 12.7. The minimum Gasteiger partial charge on any atom is -0.440 e. The number of anilines is 1.